The molecule has 1 aromatic heterocycles. The minimum absolute atomic E-state index is 0.238. The van der Waals surface area contributed by atoms with Crippen molar-refractivity contribution in [1.82, 2.24) is 14.7 Å². The van der Waals surface area contributed by atoms with E-state index >= 15 is 0 Å². The smallest absolute Gasteiger partial charge is 0.338 e. The van der Waals surface area contributed by atoms with Gasteiger partial charge in [-0.2, -0.15) is 5.10 Å². The van der Waals surface area contributed by atoms with Gasteiger partial charge in [-0.3, -0.25) is 0 Å². The predicted octanol–water partition coefficient (Wildman–Crippen LogP) is 7.00. The highest BCUT2D eigenvalue weighted by molar-refractivity contribution is 6.48. The van der Waals surface area contributed by atoms with Crippen molar-refractivity contribution < 1.29 is 13.9 Å². The summed E-state index contributed by atoms with van der Waals surface area (Å²) in [6.07, 6.45) is 0. The van der Waals surface area contributed by atoms with Crippen LogP contribution < -0.4 is 9.80 Å². The van der Waals surface area contributed by atoms with Crippen LogP contribution in [-0.4, -0.2) is 65.1 Å². The van der Waals surface area contributed by atoms with Crippen molar-refractivity contribution in [2.75, 3.05) is 42.6 Å². The normalized spacial score (nSPS) is 16.8. The second kappa shape index (κ2) is 12.1. The maximum atomic E-state index is 13.6. The van der Waals surface area contributed by atoms with E-state index in [-0.39, 0.29) is 17.8 Å². The second-order valence-electron chi connectivity index (χ2n) is 12.0. The topological polar surface area (TPSA) is 78.6 Å². The Morgan fingerprint density at radius 3 is 2.21 bits per heavy atom. The molecule has 4 heterocycles. The first-order valence-corrected chi connectivity index (χ1v) is 16.2. The fraction of sp³-hybridized carbons (Fsp3) is 0.211. The van der Waals surface area contributed by atoms with Crippen molar-refractivity contribution >= 4 is 40.5 Å². The van der Waals surface area contributed by atoms with E-state index in [4.69, 9.17) is 19.8 Å². The zero-order chi connectivity index (χ0) is 32.8. The van der Waals surface area contributed by atoms with Crippen LogP contribution in [0.15, 0.2) is 113 Å². The Labute approximate surface area is 278 Å². The molecule has 0 spiro atoms. The first-order valence-electron chi connectivity index (χ1n) is 16.2. The fourth-order valence-corrected chi connectivity index (χ4v) is 6.82. The van der Waals surface area contributed by atoms with Crippen LogP contribution in [0.4, 0.5) is 27.3 Å². The van der Waals surface area contributed by atoms with E-state index < -0.39 is 0 Å². The first kappa shape index (κ1) is 29.6. The van der Waals surface area contributed by atoms with Gasteiger partial charge in [-0.1, -0.05) is 42.5 Å². The standard InChI is InChI=1S/C38H34FN7O2/c1-3-48-38(47)27-15-13-26(14-16-27)34-33-25(2)42-46(30-9-5-4-6-10-30)35(33)41-37-36(40-31-11-7-8-12-32(31)45(34)37)44-23-21-43(22-24-44)29-19-17-28(39)18-20-29/h4-20,34H,3,21-24H2,1-2H3. The summed E-state index contributed by atoms with van der Waals surface area (Å²) in [5, 5.41) is 5.03. The molecule has 1 saturated heterocycles. The van der Waals surface area contributed by atoms with Crippen LogP contribution in [-0.2, 0) is 4.74 Å². The Hall–Kier alpha value is -5.77. The third-order valence-electron chi connectivity index (χ3n) is 9.13. The summed E-state index contributed by atoms with van der Waals surface area (Å²) in [5.41, 5.74) is 7.07. The zero-order valence-electron chi connectivity index (χ0n) is 26.8. The van der Waals surface area contributed by atoms with Crippen LogP contribution in [0.2, 0.25) is 0 Å². The van der Waals surface area contributed by atoms with Gasteiger partial charge in [0.05, 0.1) is 41.0 Å². The Morgan fingerprint density at radius 1 is 0.792 bits per heavy atom. The largest absolute Gasteiger partial charge is 0.462 e. The lowest BCUT2D eigenvalue weighted by atomic mass is 9.92. The van der Waals surface area contributed by atoms with Gasteiger partial charge in [0.1, 0.15) is 5.82 Å². The summed E-state index contributed by atoms with van der Waals surface area (Å²) in [4.78, 5) is 30.1. The zero-order valence-corrected chi connectivity index (χ0v) is 26.8. The van der Waals surface area contributed by atoms with E-state index in [9.17, 15) is 9.18 Å². The average molecular weight is 640 g/mol. The summed E-state index contributed by atoms with van der Waals surface area (Å²) in [5.74, 6) is 1.71. The lowest BCUT2D eigenvalue weighted by molar-refractivity contribution is 0.0526. The Kier molecular flexibility index (Phi) is 7.47. The number of para-hydroxylation sites is 3. The molecular formula is C38H34FN7O2. The highest BCUT2D eigenvalue weighted by Crippen LogP contribution is 2.48. The number of halogens is 1. The van der Waals surface area contributed by atoms with Crippen LogP contribution >= 0.6 is 0 Å². The molecule has 0 radical (unpaired) electrons. The lowest BCUT2D eigenvalue weighted by Crippen LogP contribution is -2.55. The molecule has 9 nitrogen and oxygen atoms in total. The van der Waals surface area contributed by atoms with Crippen molar-refractivity contribution in [3.05, 3.63) is 131 Å². The Morgan fingerprint density at radius 2 is 1.48 bits per heavy atom. The van der Waals surface area contributed by atoms with Crippen molar-refractivity contribution in [1.29, 1.82) is 0 Å². The van der Waals surface area contributed by atoms with Gasteiger partial charge >= 0.3 is 5.97 Å². The molecule has 0 N–H and O–H groups in total. The number of benzene rings is 4. The molecule has 0 amide bonds. The molecule has 0 aliphatic carbocycles. The van der Waals surface area contributed by atoms with Crippen LogP contribution in [0.5, 0.6) is 0 Å². The summed E-state index contributed by atoms with van der Waals surface area (Å²) >= 11 is 0. The third kappa shape index (κ3) is 5.10. The van der Waals surface area contributed by atoms with Crippen LogP contribution in [0.25, 0.3) is 5.69 Å². The molecule has 3 aliphatic heterocycles. The minimum Gasteiger partial charge on any atom is -0.462 e. The van der Waals surface area contributed by atoms with Crippen molar-refractivity contribution in [2.45, 2.75) is 19.9 Å². The fourth-order valence-electron chi connectivity index (χ4n) is 6.82. The quantitative estimate of drug-likeness (QED) is 0.193. The number of esters is 1. The molecule has 4 aromatic carbocycles. The molecule has 0 bridgehead atoms. The number of aryl methyl sites for hydroxylation is 1. The molecule has 1 atom stereocenters. The van der Waals surface area contributed by atoms with Gasteiger partial charge in [-0.25, -0.2) is 23.9 Å². The number of rotatable bonds is 5. The van der Waals surface area contributed by atoms with Gasteiger partial charge < -0.3 is 19.4 Å². The van der Waals surface area contributed by atoms with Crippen LogP contribution in [0.3, 0.4) is 0 Å². The number of hydrogen-bond acceptors (Lipinski definition) is 8. The highest BCUT2D eigenvalue weighted by atomic mass is 19.1. The van der Waals surface area contributed by atoms with E-state index in [2.05, 4.69) is 20.8 Å². The van der Waals surface area contributed by atoms with Gasteiger partial charge in [0, 0.05) is 37.4 Å². The van der Waals surface area contributed by atoms with E-state index in [0.717, 1.165) is 70.1 Å². The lowest BCUT2D eigenvalue weighted by Gasteiger charge is -2.44. The number of anilines is 2. The van der Waals surface area contributed by atoms with Crippen LogP contribution in [0.1, 0.15) is 40.1 Å². The van der Waals surface area contributed by atoms with E-state index in [1.54, 1.807) is 6.92 Å². The molecule has 5 aromatic rings. The van der Waals surface area contributed by atoms with Gasteiger partial charge in [-0.15, -0.1) is 0 Å². The molecular weight excluding hydrogens is 605 g/mol. The SMILES string of the molecule is CCOC(=O)c1ccc(C2c3c(C)nn(-c4ccccc4)c3N=C3C(N4CCN(c5ccc(F)cc5)CC4)=Nc4ccccc4N32)cc1. The van der Waals surface area contributed by atoms with Gasteiger partial charge in [0.15, 0.2) is 17.5 Å². The molecule has 0 saturated carbocycles. The molecule has 8 rings (SSSR count). The number of aliphatic imine (C=N–C) groups is 2. The van der Waals surface area contributed by atoms with E-state index in [1.165, 1.54) is 12.1 Å². The monoisotopic (exact) mass is 639 g/mol. The number of fused-ring (bicyclic) bond motifs is 4. The number of carbonyl (C=O) groups is 1. The van der Waals surface area contributed by atoms with Crippen LogP contribution in [0, 0.1) is 12.7 Å². The first-order chi connectivity index (χ1) is 23.5. The molecule has 10 heteroatoms. The molecule has 3 aliphatic rings. The summed E-state index contributed by atoms with van der Waals surface area (Å²) < 4.78 is 20.8. The maximum Gasteiger partial charge on any atom is 0.338 e. The predicted molar refractivity (Wildman–Crippen MR) is 186 cm³/mol. The van der Waals surface area contributed by atoms with Crippen molar-refractivity contribution in [2.24, 2.45) is 9.98 Å². The second-order valence-corrected chi connectivity index (χ2v) is 12.0. The summed E-state index contributed by atoms with van der Waals surface area (Å²) in [7, 11) is 0. The van der Waals surface area contributed by atoms with Gasteiger partial charge in [0.2, 0.25) is 0 Å². The average Bonchev–Trinajstić information content (AvgIpc) is 3.47. The van der Waals surface area contributed by atoms with E-state index in [0.29, 0.717) is 25.3 Å². The Balaban J connectivity index is 1.26. The number of piperazine rings is 1. The number of amidine groups is 2. The summed E-state index contributed by atoms with van der Waals surface area (Å²) in [6, 6.07) is 32.2. The molecule has 48 heavy (non-hydrogen) atoms. The molecule has 240 valence electrons. The maximum absolute atomic E-state index is 13.6. The minimum atomic E-state index is -0.346. The summed E-state index contributed by atoms with van der Waals surface area (Å²) in [6.45, 7) is 7.09. The number of ether oxygens (including phenoxy) is 1. The number of nitrogens with zero attached hydrogens (tertiary/aromatic N) is 7. The van der Waals surface area contributed by atoms with Crippen molar-refractivity contribution in [3.63, 3.8) is 0 Å². The highest BCUT2D eigenvalue weighted by Gasteiger charge is 2.43. The molecule has 1 unspecified atom stereocenters. The Bertz CT molecular complexity index is 2050. The van der Waals surface area contributed by atoms with Gasteiger partial charge in [-0.05, 0) is 80.1 Å². The molecule has 1 fully saturated rings. The number of aromatic nitrogens is 2. The van der Waals surface area contributed by atoms with E-state index in [1.807, 2.05) is 96.5 Å². The van der Waals surface area contributed by atoms with Crippen molar-refractivity contribution in [3.8, 4) is 5.69 Å². The number of hydrogen-bond donors (Lipinski definition) is 0. The van der Waals surface area contributed by atoms with Gasteiger partial charge in [0.25, 0.3) is 0 Å². The third-order valence-corrected chi connectivity index (χ3v) is 9.13. The number of carbonyl (C=O) groups excluding carboxylic acids is 1.